The maximum atomic E-state index is 13.6. The molecule has 1 amide bonds. The molecule has 0 aliphatic heterocycles. The predicted octanol–water partition coefficient (Wildman–Crippen LogP) is 4.93. The van der Waals surface area contributed by atoms with Crippen molar-refractivity contribution in [2.75, 3.05) is 30.4 Å². The van der Waals surface area contributed by atoms with E-state index in [1.807, 2.05) is 6.92 Å². The standard InChI is InChI=1S/C24H22Cl2N2O6S/c1-15-4-8-18(9-5-15)35(31,32)28(21-12-16(25)6-11-22(21)33-2)14-23(29)27-17-7-10-20(26)19(13-17)24(30)34-3/h4-13H,14H2,1-3H3,(H,27,29). The zero-order valence-corrected chi connectivity index (χ0v) is 21.4. The third kappa shape index (κ3) is 6.05. The number of hydrogen-bond acceptors (Lipinski definition) is 6. The van der Waals surface area contributed by atoms with E-state index in [9.17, 15) is 18.0 Å². The fourth-order valence-corrected chi connectivity index (χ4v) is 4.98. The monoisotopic (exact) mass is 536 g/mol. The fraction of sp³-hybridized carbons (Fsp3) is 0.167. The van der Waals surface area contributed by atoms with Crippen molar-refractivity contribution in [2.45, 2.75) is 11.8 Å². The van der Waals surface area contributed by atoms with Gasteiger partial charge in [0, 0.05) is 10.7 Å². The van der Waals surface area contributed by atoms with Crippen LogP contribution in [0.4, 0.5) is 11.4 Å². The Balaban J connectivity index is 2.01. The summed E-state index contributed by atoms with van der Waals surface area (Å²) in [5, 5.41) is 2.98. The summed E-state index contributed by atoms with van der Waals surface area (Å²) in [7, 11) is -1.62. The first-order valence-electron chi connectivity index (χ1n) is 10.2. The van der Waals surface area contributed by atoms with Crippen LogP contribution in [0.1, 0.15) is 15.9 Å². The molecule has 35 heavy (non-hydrogen) atoms. The highest BCUT2D eigenvalue weighted by Crippen LogP contribution is 2.35. The minimum absolute atomic E-state index is 0.0163. The molecule has 184 valence electrons. The van der Waals surface area contributed by atoms with Crippen molar-refractivity contribution in [1.82, 2.24) is 0 Å². The number of rotatable bonds is 8. The minimum atomic E-state index is -4.20. The topological polar surface area (TPSA) is 102 Å². The van der Waals surface area contributed by atoms with Crippen LogP contribution in [0.5, 0.6) is 5.75 Å². The summed E-state index contributed by atoms with van der Waals surface area (Å²) >= 11 is 12.2. The lowest BCUT2D eigenvalue weighted by Crippen LogP contribution is -2.38. The first-order chi connectivity index (χ1) is 16.6. The minimum Gasteiger partial charge on any atom is -0.495 e. The number of methoxy groups -OCH3 is 2. The van der Waals surface area contributed by atoms with E-state index < -0.39 is 28.4 Å². The molecule has 0 unspecified atom stereocenters. The van der Waals surface area contributed by atoms with Gasteiger partial charge in [0.1, 0.15) is 12.3 Å². The molecule has 0 bridgehead atoms. The van der Waals surface area contributed by atoms with Gasteiger partial charge in [0.05, 0.1) is 35.4 Å². The molecular weight excluding hydrogens is 515 g/mol. The van der Waals surface area contributed by atoms with Gasteiger partial charge < -0.3 is 14.8 Å². The van der Waals surface area contributed by atoms with E-state index in [-0.39, 0.29) is 37.6 Å². The lowest BCUT2D eigenvalue weighted by atomic mass is 10.2. The van der Waals surface area contributed by atoms with E-state index in [1.165, 1.54) is 56.7 Å². The van der Waals surface area contributed by atoms with Crippen LogP contribution < -0.4 is 14.4 Å². The molecule has 0 saturated heterocycles. The van der Waals surface area contributed by atoms with Gasteiger partial charge in [-0.25, -0.2) is 13.2 Å². The molecular formula is C24H22Cl2N2O6S. The molecule has 3 rings (SSSR count). The van der Waals surface area contributed by atoms with Crippen molar-refractivity contribution in [3.05, 3.63) is 81.8 Å². The Morgan fingerprint density at radius 2 is 1.66 bits per heavy atom. The first kappa shape index (κ1) is 26.3. The van der Waals surface area contributed by atoms with Gasteiger partial charge in [0.25, 0.3) is 10.0 Å². The number of ether oxygens (including phenoxy) is 2. The summed E-state index contributed by atoms with van der Waals surface area (Å²) in [5.41, 5.74) is 1.23. The zero-order valence-electron chi connectivity index (χ0n) is 19.0. The average Bonchev–Trinajstić information content (AvgIpc) is 2.83. The van der Waals surface area contributed by atoms with Crippen LogP contribution in [0.2, 0.25) is 10.0 Å². The Hall–Kier alpha value is -3.27. The highest BCUT2D eigenvalue weighted by atomic mass is 35.5. The molecule has 3 aromatic carbocycles. The summed E-state index contributed by atoms with van der Waals surface area (Å²) in [6, 6.07) is 14.9. The van der Waals surface area contributed by atoms with E-state index >= 15 is 0 Å². The highest BCUT2D eigenvalue weighted by Gasteiger charge is 2.30. The number of esters is 1. The number of carbonyl (C=O) groups excluding carboxylic acids is 2. The Labute approximate surface area is 213 Å². The number of amides is 1. The van der Waals surface area contributed by atoms with E-state index in [0.29, 0.717) is 0 Å². The zero-order chi connectivity index (χ0) is 25.8. The van der Waals surface area contributed by atoms with Gasteiger partial charge >= 0.3 is 5.97 Å². The maximum Gasteiger partial charge on any atom is 0.339 e. The van der Waals surface area contributed by atoms with Crippen LogP contribution in [0, 0.1) is 6.92 Å². The van der Waals surface area contributed by atoms with Gasteiger partial charge in [-0.3, -0.25) is 9.10 Å². The van der Waals surface area contributed by atoms with Gasteiger partial charge in [-0.1, -0.05) is 40.9 Å². The summed E-state index contributed by atoms with van der Waals surface area (Å²) in [4.78, 5) is 24.9. The molecule has 3 aromatic rings. The molecule has 11 heteroatoms. The number of nitrogens with one attached hydrogen (secondary N) is 1. The van der Waals surface area contributed by atoms with Gasteiger partial charge in [-0.05, 0) is 55.5 Å². The number of carbonyl (C=O) groups is 2. The second-order valence-electron chi connectivity index (χ2n) is 7.38. The number of nitrogens with zero attached hydrogens (tertiary/aromatic N) is 1. The van der Waals surface area contributed by atoms with Gasteiger partial charge in [0.2, 0.25) is 5.91 Å². The molecule has 1 N–H and O–H groups in total. The quantitative estimate of drug-likeness (QED) is 0.409. The molecule has 0 spiro atoms. The Bertz CT molecular complexity index is 1360. The Morgan fingerprint density at radius 1 is 0.971 bits per heavy atom. The van der Waals surface area contributed by atoms with Gasteiger partial charge in [-0.15, -0.1) is 0 Å². The molecule has 0 aliphatic carbocycles. The van der Waals surface area contributed by atoms with Crippen molar-refractivity contribution in [3.63, 3.8) is 0 Å². The van der Waals surface area contributed by atoms with E-state index in [1.54, 1.807) is 18.2 Å². The van der Waals surface area contributed by atoms with Crippen molar-refractivity contribution in [1.29, 1.82) is 0 Å². The van der Waals surface area contributed by atoms with Crippen molar-refractivity contribution in [2.24, 2.45) is 0 Å². The normalized spacial score (nSPS) is 11.0. The van der Waals surface area contributed by atoms with Gasteiger partial charge in [-0.2, -0.15) is 0 Å². The summed E-state index contributed by atoms with van der Waals surface area (Å²) < 4.78 is 38.2. The number of halogens is 2. The van der Waals surface area contributed by atoms with Crippen LogP contribution in [-0.2, 0) is 19.6 Å². The Morgan fingerprint density at radius 3 is 2.29 bits per heavy atom. The lowest BCUT2D eigenvalue weighted by molar-refractivity contribution is -0.114. The average molecular weight is 537 g/mol. The number of sulfonamides is 1. The lowest BCUT2D eigenvalue weighted by Gasteiger charge is -2.26. The SMILES string of the molecule is COC(=O)c1cc(NC(=O)CN(c2cc(Cl)ccc2OC)S(=O)(=O)c2ccc(C)cc2)ccc1Cl. The Kier molecular flexibility index (Phi) is 8.26. The van der Waals surface area contributed by atoms with Crippen LogP contribution in [0.15, 0.2) is 65.6 Å². The highest BCUT2D eigenvalue weighted by molar-refractivity contribution is 7.92. The van der Waals surface area contributed by atoms with Gasteiger partial charge in [0.15, 0.2) is 0 Å². The number of anilines is 2. The summed E-state index contributed by atoms with van der Waals surface area (Å²) in [6.45, 7) is 1.22. The number of hydrogen-bond donors (Lipinski definition) is 1. The second kappa shape index (κ2) is 11.0. The molecule has 0 aliphatic rings. The molecule has 0 saturated carbocycles. The molecule has 0 fully saturated rings. The van der Waals surface area contributed by atoms with Crippen LogP contribution >= 0.6 is 23.2 Å². The number of benzene rings is 3. The molecule has 8 nitrogen and oxygen atoms in total. The second-order valence-corrected chi connectivity index (χ2v) is 10.1. The molecule has 0 radical (unpaired) electrons. The third-order valence-electron chi connectivity index (χ3n) is 4.96. The van der Waals surface area contributed by atoms with Crippen molar-refractivity contribution in [3.8, 4) is 5.75 Å². The largest absolute Gasteiger partial charge is 0.495 e. The predicted molar refractivity (Wildman–Crippen MR) is 135 cm³/mol. The summed E-state index contributed by atoms with van der Waals surface area (Å²) in [6.07, 6.45) is 0. The smallest absolute Gasteiger partial charge is 0.339 e. The summed E-state index contributed by atoms with van der Waals surface area (Å²) in [5.74, 6) is -1.16. The fourth-order valence-electron chi connectivity index (χ4n) is 3.20. The van der Waals surface area contributed by atoms with E-state index in [4.69, 9.17) is 27.9 Å². The van der Waals surface area contributed by atoms with E-state index in [0.717, 1.165) is 9.87 Å². The first-order valence-corrected chi connectivity index (χ1v) is 12.4. The van der Waals surface area contributed by atoms with Crippen LogP contribution in [-0.4, -0.2) is 41.1 Å². The van der Waals surface area contributed by atoms with Crippen molar-refractivity contribution < 1.29 is 27.5 Å². The molecule has 0 atom stereocenters. The maximum absolute atomic E-state index is 13.6. The molecule has 0 aromatic heterocycles. The van der Waals surface area contributed by atoms with E-state index in [2.05, 4.69) is 10.1 Å². The van der Waals surface area contributed by atoms with Crippen LogP contribution in [0.3, 0.4) is 0 Å². The third-order valence-corrected chi connectivity index (χ3v) is 7.30. The van der Waals surface area contributed by atoms with Crippen LogP contribution in [0.25, 0.3) is 0 Å². The molecule has 0 heterocycles. The van der Waals surface area contributed by atoms with Crippen molar-refractivity contribution >= 4 is 56.5 Å². The number of aryl methyl sites for hydroxylation is 1.